The third kappa shape index (κ3) is 4.69. The summed E-state index contributed by atoms with van der Waals surface area (Å²) in [6.45, 7) is 2.26. The molecule has 0 amide bonds. The lowest BCUT2D eigenvalue weighted by atomic mass is 10.2. The van der Waals surface area contributed by atoms with Crippen molar-refractivity contribution in [3.63, 3.8) is 0 Å². The van der Waals surface area contributed by atoms with Crippen molar-refractivity contribution in [3.8, 4) is 11.5 Å². The molecule has 6 nitrogen and oxygen atoms in total. The number of alkyl halides is 3. The number of benzene rings is 2. The molecule has 1 atom stereocenters. The Bertz CT molecular complexity index is 949. The van der Waals surface area contributed by atoms with Crippen molar-refractivity contribution in [3.05, 3.63) is 41.4 Å². The van der Waals surface area contributed by atoms with Gasteiger partial charge in [0.25, 0.3) is 10.0 Å². The van der Waals surface area contributed by atoms with Crippen LogP contribution in [0.3, 0.4) is 0 Å². The quantitative estimate of drug-likeness (QED) is 0.771. The number of hydrogen-bond donors (Lipinski definition) is 2. The van der Waals surface area contributed by atoms with Crippen LogP contribution in [-0.4, -0.2) is 27.4 Å². The van der Waals surface area contributed by atoms with E-state index in [-0.39, 0.29) is 27.5 Å². The third-order valence-corrected chi connectivity index (χ3v) is 5.15. The lowest BCUT2D eigenvalue weighted by Gasteiger charge is -2.27. The van der Waals surface area contributed by atoms with Gasteiger partial charge in [-0.25, -0.2) is 8.42 Å². The predicted octanol–water partition coefficient (Wildman–Crippen LogP) is 4.23. The topological polar surface area (TPSA) is 76.7 Å². The standard InChI is InChI=1S/C16H14ClF3N2O4S/c1-9-8-21-13-6-10(17)7-14(15(13)25-9)27(23,24)22-11-2-4-12(5-3-11)26-16(18,19)20/h2-7,9,21-22H,8H2,1H3. The molecule has 27 heavy (non-hydrogen) atoms. The molecule has 0 saturated carbocycles. The van der Waals surface area contributed by atoms with Gasteiger partial charge in [0.05, 0.1) is 12.2 Å². The SMILES string of the molecule is CC1CNc2cc(Cl)cc(S(=O)(=O)Nc3ccc(OC(F)(F)F)cc3)c2O1. The lowest BCUT2D eigenvalue weighted by molar-refractivity contribution is -0.274. The van der Waals surface area contributed by atoms with Gasteiger partial charge in [0, 0.05) is 10.7 Å². The van der Waals surface area contributed by atoms with Crippen LogP contribution in [0.2, 0.25) is 5.02 Å². The van der Waals surface area contributed by atoms with Gasteiger partial charge in [0.2, 0.25) is 0 Å². The number of anilines is 2. The van der Waals surface area contributed by atoms with Crippen molar-refractivity contribution >= 4 is 33.0 Å². The van der Waals surface area contributed by atoms with Crippen LogP contribution >= 0.6 is 11.6 Å². The van der Waals surface area contributed by atoms with E-state index in [4.69, 9.17) is 16.3 Å². The van der Waals surface area contributed by atoms with Crippen LogP contribution in [0.4, 0.5) is 24.5 Å². The summed E-state index contributed by atoms with van der Waals surface area (Å²) < 4.78 is 73.8. The molecule has 146 valence electrons. The second kappa shape index (κ2) is 7.01. The molecular formula is C16H14ClF3N2O4S. The smallest absolute Gasteiger partial charge is 0.485 e. The van der Waals surface area contributed by atoms with Crippen LogP contribution in [0.25, 0.3) is 0 Å². The van der Waals surface area contributed by atoms with E-state index in [1.807, 2.05) is 0 Å². The summed E-state index contributed by atoms with van der Waals surface area (Å²) in [4.78, 5) is -0.181. The van der Waals surface area contributed by atoms with Gasteiger partial charge in [-0.2, -0.15) is 0 Å². The van der Waals surface area contributed by atoms with Crippen molar-refractivity contribution in [2.75, 3.05) is 16.6 Å². The van der Waals surface area contributed by atoms with E-state index >= 15 is 0 Å². The molecule has 1 heterocycles. The van der Waals surface area contributed by atoms with Crippen LogP contribution < -0.4 is 19.5 Å². The van der Waals surface area contributed by atoms with Crippen molar-refractivity contribution in [2.24, 2.45) is 0 Å². The van der Waals surface area contributed by atoms with E-state index in [0.29, 0.717) is 12.2 Å². The average molecular weight is 423 g/mol. The molecule has 2 N–H and O–H groups in total. The Morgan fingerprint density at radius 3 is 2.56 bits per heavy atom. The first kappa shape index (κ1) is 19.4. The monoisotopic (exact) mass is 422 g/mol. The van der Waals surface area contributed by atoms with Crippen LogP contribution in [0.5, 0.6) is 11.5 Å². The summed E-state index contributed by atoms with van der Waals surface area (Å²) in [6, 6.07) is 7.08. The first-order valence-electron chi connectivity index (χ1n) is 7.66. The summed E-state index contributed by atoms with van der Waals surface area (Å²) in [5.41, 5.74) is 0.491. The average Bonchev–Trinajstić information content (AvgIpc) is 2.55. The molecule has 1 unspecified atom stereocenters. The summed E-state index contributed by atoms with van der Waals surface area (Å²) in [6.07, 6.45) is -5.09. The number of ether oxygens (including phenoxy) is 2. The number of halogens is 4. The second-order valence-electron chi connectivity index (χ2n) is 5.77. The molecule has 0 bridgehead atoms. The van der Waals surface area contributed by atoms with E-state index in [1.165, 1.54) is 6.07 Å². The Balaban J connectivity index is 1.88. The molecule has 0 aliphatic carbocycles. The summed E-state index contributed by atoms with van der Waals surface area (Å²) in [5.74, 6) is -0.338. The van der Waals surface area contributed by atoms with Gasteiger partial charge < -0.3 is 14.8 Å². The van der Waals surface area contributed by atoms with Crippen molar-refractivity contribution in [1.82, 2.24) is 0 Å². The van der Waals surface area contributed by atoms with E-state index in [1.54, 1.807) is 13.0 Å². The maximum atomic E-state index is 12.8. The number of hydrogen-bond acceptors (Lipinski definition) is 5. The molecule has 1 aliphatic heterocycles. The van der Waals surface area contributed by atoms with Crippen molar-refractivity contribution in [2.45, 2.75) is 24.3 Å². The zero-order chi connectivity index (χ0) is 19.8. The van der Waals surface area contributed by atoms with E-state index in [9.17, 15) is 21.6 Å². The van der Waals surface area contributed by atoms with E-state index in [2.05, 4.69) is 14.8 Å². The van der Waals surface area contributed by atoms with Gasteiger partial charge in [-0.15, -0.1) is 13.2 Å². The molecule has 1 aliphatic rings. The minimum absolute atomic E-state index is 0.0510. The van der Waals surface area contributed by atoms with E-state index < -0.39 is 22.1 Å². The highest BCUT2D eigenvalue weighted by molar-refractivity contribution is 7.92. The Labute approximate surface area is 158 Å². The minimum atomic E-state index is -4.83. The maximum Gasteiger partial charge on any atom is 0.573 e. The minimum Gasteiger partial charge on any atom is -0.485 e. The normalized spacial score (nSPS) is 16.7. The fourth-order valence-corrected chi connectivity index (χ4v) is 3.98. The van der Waals surface area contributed by atoms with Gasteiger partial charge in [-0.3, -0.25) is 4.72 Å². The zero-order valence-electron chi connectivity index (χ0n) is 13.8. The maximum absolute atomic E-state index is 12.8. The molecule has 0 radical (unpaired) electrons. The third-order valence-electron chi connectivity index (χ3n) is 3.55. The highest BCUT2D eigenvalue weighted by Crippen LogP contribution is 2.39. The van der Waals surface area contributed by atoms with Gasteiger partial charge in [0.1, 0.15) is 16.7 Å². The molecular weight excluding hydrogens is 409 g/mol. The Kier molecular flexibility index (Phi) is 5.04. The molecule has 2 aromatic carbocycles. The molecule has 0 saturated heterocycles. The molecule has 0 spiro atoms. The first-order valence-corrected chi connectivity index (χ1v) is 9.52. The summed E-state index contributed by atoms with van der Waals surface area (Å²) in [5, 5.41) is 3.22. The van der Waals surface area contributed by atoms with Crippen LogP contribution in [0.15, 0.2) is 41.3 Å². The predicted molar refractivity (Wildman–Crippen MR) is 94.0 cm³/mol. The Hall–Kier alpha value is -2.33. The molecule has 11 heteroatoms. The number of rotatable bonds is 4. The fourth-order valence-electron chi connectivity index (χ4n) is 2.45. The largest absolute Gasteiger partial charge is 0.573 e. The van der Waals surface area contributed by atoms with Crippen LogP contribution in [0, 0.1) is 0 Å². The molecule has 3 rings (SSSR count). The molecule has 0 fully saturated rings. The second-order valence-corrected chi connectivity index (χ2v) is 7.85. The van der Waals surface area contributed by atoms with Gasteiger partial charge in [-0.05, 0) is 43.3 Å². The molecule has 2 aromatic rings. The van der Waals surface area contributed by atoms with Gasteiger partial charge >= 0.3 is 6.36 Å². The van der Waals surface area contributed by atoms with Crippen LogP contribution in [0.1, 0.15) is 6.92 Å². The number of nitrogens with one attached hydrogen (secondary N) is 2. The van der Waals surface area contributed by atoms with Gasteiger partial charge in [0.15, 0.2) is 5.75 Å². The highest BCUT2D eigenvalue weighted by Gasteiger charge is 2.31. The Morgan fingerprint density at radius 1 is 1.26 bits per heavy atom. The Morgan fingerprint density at radius 2 is 1.93 bits per heavy atom. The number of fused-ring (bicyclic) bond motifs is 1. The van der Waals surface area contributed by atoms with Crippen molar-refractivity contribution in [1.29, 1.82) is 0 Å². The molecule has 0 aromatic heterocycles. The van der Waals surface area contributed by atoms with Crippen molar-refractivity contribution < 1.29 is 31.1 Å². The summed E-state index contributed by atoms with van der Waals surface area (Å²) in [7, 11) is -4.11. The first-order chi connectivity index (χ1) is 12.5. The summed E-state index contributed by atoms with van der Waals surface area (Å²) >= 11 is 6.00. The van der Waals surface area contributed by atoms with Gasteiger partial charge in [-0.1, -0.05) is 11.6 Å². The van der Waals surface area contributed by atoms with Crippen LogP contribution in [-0.2, 0) is 10.0 Å². The van der Waals surface area contributed by atoms with E-state index in [0.717, 1.165) is 24.3 Å². The lowest BCUT2D eigenvalue weighted by Crippen LogP contribution is -2.29. The zero-order valence-corrected chi connectivity index (χ0v) is 15.4. The highest BCUT2D eigenvalue weighted by atomic mass is 35.5. The fraction of sp³-hybridized carbons (Fsp3) is 0.250. The number of sulfonamides is 1.